The molecule has 2 saturated carbocycles. The zero-order valence-corrected chi connectivity index (χ0v) is 16.5. The third-order valence-corrected chi connectivity index (χ3v) is 8.03. The molecule has 0 unspecified atom stereocenters. The molecule has 29 heavy (non-hydrogen) atoms. The predicted molar refractivity (Wildman–Crippen MR) is 98.0 cm³/mol. The molecule has 0 aromatic heterocycles. The van der Waals surface area contributed by atoms with Crippen molar-refractivity contribution in [2.75, 3.05) is 6.54 Å². The lowest BCUT2D eigenvalue weighted by molar-refractivity contribution is -0.138. The van der Waals surface area contributed by atoms with E-state index in [1.807, 2.05) is 0 Å². The molecule has 0 bridgehead atoms. The summed E-state index contributed by atoms with van der Waals surface area (Å²) in [4.78, 5) is 11.6. The highest BCUT2D eigenvalue weighted by Gasteiger charge is 2.41. The van der Waals surface area contributed by atoms with Crippen molar-refractivity contribution in [2.45, 2.75) is 60.9 Å². The van der Waals surface area contributed by atoms with Gasteiger partial charge in [-0.15, -0.1) is 0 Å². The molecular formula is C19H24F4N2O3S. The van der Waals surface area contributed by atoms with Crippen molar-refractivity contribution in [3.8, 4) is 0 Å². The van der Waals surface area contributed by atoms with Crippen LogP contribution in [-0.2, 0) is 20.8 Å². The minimum Gasteiger partial charge on any atom is -0.356 e. The molecule has 1 aromatic carbocycles. The Morgan fingerprint density at radius 1 is 1.14 bits per heavy atom. The number of alkyl halides is 3. The maximum absolute atomic E-state index is 13.5. The molecule has 2 fully saturated rings. The maximum Gasteiger partial charge on any atom is 0.416 e. The fraction of sp³-hybridized carbons (Fsp3) is 0.632. The highest BCUT2D eigenvalue weighted by molar-refractivity contribution is 7.92. The molecule has 2 aliphatic carbocycles. The molecule has 0 radical (unpaired) electrons. The number of nitrogens with one attached hydrogen (secondary N) is 1. The van der Waals surface area contributed by atoms with Crippen LogP contribution >= 0.6 is 0 Å². The highest BCUT2D eigenvalue weighted by atomic mass is 32.2. The Morgan fingerprint density at radius 3 is 2.41 bits per heavy atom. The van der Waals surface area contributed by atoms with E-state index in [-0.39, 0.29) is 42.7 Å². The van der Waals surface area contributed by atoms with Gasteiger partial charge in [0.25, 0.3) is 0 Å². The van der Waals surface area contributed by atoms with Gasteiger partial charge < -0.3 is 11.1 Å². The average Bonchev–Trinajstić information content (AvgIpc) is 2.59. The topological polar surface area (TPSA) is 89.3 Å². The normalized spacial score (nSPS) is 27.9. The van der Waals surface area contributed by atoms with Crippen LogP contribution in [0.3, 0.4) is 0 Å². The first-order valence-electron chi connectivity index (χ1n) is 9.63. The Labute approximate surface area is 167 Å². The molecule has 2 atom stereocenters. The van der Waals surface area contributed by atoms with Gasteiger partial charge in [0, 0.05) is 12.6 Å². The second-order valence-corrected chi connectivity index (χ2v) is 10.2. The Hall–Kier alpha value is -1.68. The van der Waals surface area contributed by atoms with E-state index < -0.39 is 37.5 Å². The van der Waals surface area contributed by atoms with Crippen LogP contribution in [0.15, 0.2) is 23.1 Å². The van der Waals surface area contributed by atoms with Gasteiger partial charge in [-0.1, -0.05) is 12.8 Å². The highest BCUT2D eigenvalue weighted by Crippen LogP contribution is 2.38. The third-order valence-electron chi connectivity index (χ3n) is 5.88. The molecule has 0 aliphatic heterocycles. The zero-order chi connectivity index (χ0) is 21.4. The van der Waals surface area contributed by atoms with Gasteiger partial charge in [0.1, 0.15) is 5.82 Å². The minimum absolute atomic E-state index is 0.0887. The first kappa shape index (κ1) is 22.0. The van der Waals surface area contributed by atoms with Gasteiger partial charge in [0.05, 0.1) is 21.6 Å². The Balaban J connectivity index is 1.57. The number of halogens is 4. The molecule has 162 valence electrons. The van der Waals surface area contributed by atoms with Crippen molar-refractivity contribution in [3.63, 3.8) is 0 Å². The largest absolute Gasteiger partial charge is 0.416 e. The molecule has 1 aromatic rings. The monoisotopic (exact) mass is 436 g/mol. The van der Waals surface area contributed by atoms with E-state index in [4.69, 9.17) is 5.73 Å². The molecule has 0 spiro atoms. The number of sulfone groups is 1. The zero-order valence-electron chi connectivity index (χ0n) is 15.7. The van der Waals surface area contributed by atoms with Crippen LogP contribution in [0.2, 0.25) is 0 Å². The molecule has 5 nitrogen and oxygen atoms in total. The van der Waals surface area contributed by atoms with Crippen molar-refractivity contribution < 1.29 is 30.8 Å². The van der Waals surface area contributed by atoms with Gasteiger partial charge in [-0.3, -0.25) is 4.79 Å². The molecule has 0 saturated heterocycles. The number of hydrogen-bond donors (Lipinski definition) is 2. The van der Waals surface area contributed by atoms with E-state index >= 15 is 0 Å². The minimum atomic E-state index is -4.83. The van der Waals surface area contributed by atoms with Crippen LogP contribution in [-0.4, -0.2) is 32.2 Å². The van der Waals surface area contributed by atoms with E-state index in [0.29, 0.717) is 18.7 Å². The Morgan fingerprint density at radius 2 is 1.79 bits per heavy atom. The first-order valence-corrected chi connectivity index (χ1v) is 11.2. The fourth-order valence-corrected chi connectivity index (χ4v) is 6.04. The van der Waals surface area contributed by atoms with Crippen LogP contribution in [0.5, 0.6) is 0 Å². The van der Waals surface area contributed by atoms with E-state index in [1.165, 1.54) is 0 Å². The number of benzene rings is 1. The Kier molecular flexibility index (Phi) is 6.24. The van der Waals surface area contributed by atoms with Gasteiger partial charge in [0.15, 0.2) is 9.84 Å². The van der Waals surface area contributed by atoms with Crippen LogP contribution in [0.4, 0.5) is 17.6 Å². The maximum atomic E-state index is 13.5. The number of amides is 1. The first-order chi connectivity index (χ1) is 13.5. The van der Waals surface area contributed by atoms with Crippen molar-refractivity contribution >= 4 is 15.7 Å². The molecule has 0 heterocycles. The number of rotatable bonds is 5. The molecular weight excluding hydrogens is 412 g/mol. The quantitative estimate of drug-likeness (QED) is 0.695. The van der Waals surface area contributed by atoms with Crippen LogP contribution in [0.1, 0.15) is 44.1 Å². The van der Waals surface area contributed by atoms with Gasteiger partial charge in [-0.05, 0) is 49.8 Å². The van der Waals surface area contributed by atoms with Gasteiger partial charge in [-0.25, -0.2) is 12.8 Å². The lowest BCUT2D eigenvalue weighted by Gasteiger charge is -2.36. The van der Waals surface area contributed by atoms with E-state index in [2.05, 4.69) is 5.32 Å². The average molecular weight is 436 g/mol. The number of nitrogens with two attached hydrogens (primary N) is 1. The standard InChI is InChI=1S/C19H24F4N2O3S/c20-13-7-12(19(21,22)23)8-15(9-13)29(27,28)14-5-11(6-14)10-25-18(26)16-3-1-2-4-17(16)24/h7-9,11,14,16-17H,1-6,10,24H2,(H,25,26)/t11?,14?,16-,17+/m0/s1. The van der Waals surface area contributed by atoms with Gasteiger partial charge in [-0.2, -0.15) is 13.2 Å². The van der Waals surface area contributed by atoms with E-state index in [1.54, 1.807) is 0 Å². The summed E-state index contributed by atoms with van der Waals surface area (Å²) in [5, 5.41) is 1.93. The second-order valence-electron chi connectivity index (χ2n) is 7.98. The SMILES string of the molecule is N[C@@H]1CCCC[C@@H]1C(=O)NCC1CC(S(=O)(=O)c2cc(F)cc(C(F)(F)F)c2)C1. The summed E-state index contributed by atoms with van der Waals surface area (Å²) >= 11 is 0. The van der Waals surface area contributed by atoms with E-state index in [0.717, 1.165) is 25.7 Å². The summed E-state index contributed by atoms with van der Waals surface area (Å²) in [5.74, 6) is -1.71. The molecule has 2 aliphatic rings. The number of hydrogen-bond acceptors (Lipinski definition) is 4. The van der Waals surface area contributed by atoms with Crippen LogP contribution < -0.4 is 11.1 Å². The molecule has 3 rings (SSSR count). The summed E-state index contributed by atoms with van der Waals surface area (Å²) in [6, 6.07) is 1.19. The number of carbonyl (C=O) groups is 1. The lowest BCUT2D eigenvalue weighted by atomic mass is 9.83. The van der Waals surface area contributed by atoms with Gasteiger partial charge >= 0.3 is 6.18 Å². The third kappa shape index (κ3) is 4.91. The molecule has 3 N–H and O–H groups in total. The summed E-state index contributed by atoms with van der Waals surface area (Å²) in [6.07, 6.45) is -0.940. The molecule has 10 heteroatoms. The number of carbonyl (C=O) groups excluding carboxylic acids is 1. The smallest absolute Gasteiger partial charge is 0.356 e. The second kappa shape index (κ2) is 8.22. The van der Waals surface area contributed by atoms with Crippen molar-refractivity contribution in [1.82, 2.24) is 5.32 Å². The van der Waals surface area contributed by atoms with Crippen molar-refractivity contribution in [2.24, 2.45) is 17.6 Å². The lowest BCUT2D eigenvalue weighted by Crippen LogP contribution is -2.47. The summed E-state index contributed by atoms with van der Waals surface area (Å²) in [7, 11) is -4.08. The van der Waals surface area contributed by atoms with Gasteiger partial charge in [0.2, 0.25) is 5.91 Å². The predicted octanol–water partition coefficient (Wildman–Crippen LogP) is 3.03. The fourth-order valence-electron chi connectivity index (χ4n) is 4.04. The van der Waals surface area contributed by atoms with Crippen LogP contribution in [0.25, 0.3) is 0 Å². The summed E-state index contributed by atoms with van der Waals surface area (Å²) in [5.41, 5.74) is 4.65. The summed E-state index contributed by atoms with van der Waals surface area (Å²) < 4.78 is 77.2. The van der Waals surface area contributed by atoms with Crippen molar-refractivity contribution in [1.29, 1.82) is 0 Å². The van der Waals surface area contributed by atoms with Crippen molar-refractivity contribution in [3.05, 3.63) is 29.6 Å². The Bertz CT molecular complexity index is 867. The molecule has 1 amide bonds. The van der Waals surface area contributed by atoms with E-state index in [9.17, 15) is 30.8 Å². The van der Waals surface area contributed by atoms with Crippen LogP contribution in [0, 0.1) is 17.7 Å². The summed E-state index contributed by atoms with van der Waals surface area (Å²) in [6.45, 7) is 0.297.